The van der Waals surface area contributed by atoms with Gasteiger partial charge in [0.2, 0.25) is 5.91 Å². The monoisotopic (exact) mass is 320 g/mol. The lowest BCUT2D eigenvalue weighted by Crippen LogP contribution is -2.33. The molecule has 22 heavy (non-hydrogen) atoms. The average Bonchev–Trinajstić information content (AvgIpc) is 2.41. The molecule has 118 valence electrons. The maximum Gasteiger partial charge on any atom is 0.330 e. The predicted octanol–water partition coefficient (Wildman–Crippen LogP) is 2.54. The Labute approximate surface area is 135 Å². The van der Waals surface area contributed by atoms with E-state index in [9.17, 15) is 9.59 Å². The van der Waals surface area contributed by atoms with Gasteiger partial charge in [-0.25, -0.2) is 4.79 Å². The van der Waals surface area contributed by atoms with Crippen molar-refractivity contribution in [2.24, 2.45) is 0 Å². The van der Waals surface area contributed by atoms with E-state index < -0.39 is 11.9 Å². The largest absolute Gasteiger partial charge is 0.463 e. The molecule has 1 rings (SSSR count). The first kappa shape index (κ1) is 17.8. The molecule has 0 unspecified atom stereocenters. The molecule has 0 aromatic heterocycles. The Bertz CT molecular complexity index is 601. The molecule has 0 aliphatic carbocycles. The number of hydrogen-bond acceptors (Lipinski definition) is 4. The maximum atomic E-state index is 11.6. The lowest BCUT2D eigenvalue weighted by atomic mass is 10.1. The number of rotatable bonds is 4. The number of carbonyl (C=O) groups is 2. The Hall–Kier alpha value is -2.21. The van der Waals surface area contributed by atoms with Gasteiger partial charge in [-0.05, 0) is 51.0 Å². The number of amides is 1. The van der Waals surface area contributed by atoms with Crippen molar-refractivity contribution in [2.45, 2.75) is 27.7 Å². The van der Waals surface area contributed by atoms with Crippen LogP contribution in [0.5, 0.6) is 0 Å². The first-order valence-electron chi connectivity index (χ1n) is 6.88. The van der Waals surface area contributed by atoms with Gasteiger partial charge in [0.05, 0.1) is 6.61 Å². The summed E-state index contributed by atoms with van der Waals surface area (Å²) in [5, 5.41) is 5.66. The molecule has 0 aliphatic heterocycles. The maximum absolute atomic E-state index is 11.6. The van der Waals surface area contributed by atoms with Crippen molar-refractivity contribution in [3.05, 3.63) is 41.0 Å². The lowest BCUT2D eigenvalue weighted by molar-refractivity contribution is -0.137. The highest BCUT2D eigenvalue weighted by Crippen LogP contribution is 2.21. The predicted molar refractivity (Wildman–Crippen MR) is 90.8 cm³/mol. The zero-order valence-corrected chi connectivity index (χ0v) is 14.0. The second kappa shape index (κ2) is 8.29. The Balaban J connectivity index is 2.64. The fourth-order valence-corrected chi connectivity index (χ4v) is 2.21. The molecular weight excluding hydrogens is 300 g/mol. The van der Waals surface area contributed by atoms with Gasteiger partial charge < -0.3 is 10.1 Å². The highest BCUT2D eigenvalue weighted by molar-refractivity contribution is 7.80. The van der Waals surface area contributed by atoms with Gasteiger partial charge in [-0.1, -0.05) is 17.7 Å². The summed E-state index contributed by atoms with van der Waals surface area (Å²) in [6, 6.07) is 4.06. The molecule has 0 spiro atoms. The van der Waals surface area contributed by atoms with Gasteiger partial charge >= 0.3 is 5.97 Å². The van der Waals surface area contributed by atoms with Gasteiger partial charge in [-0.3, -0.25) is 10.1 Å². The molecule has 0 heterocycles. The minimum atomic E-state index is -0.568. The van der Waals surface area contributed by atoms with E-state index in [4.69, 9.17) is 12.2 Å². The van der Waals surface area contributed by atoms with Crippen molar-refractivity contribution in [3.8, 4) is 0 Å². The Morgan fingerprint density at radius 2 is 1.77 bits per heavy atom. The number of aryl methyl sites for hydroxylation is 3. The summed E-state index contributed by atoms with van der Waals surface area (Å²) in [6.07, 6.45) is 2.14. The smallest absolute Gasteiger partial charge is 0.330 e. The normalized spacial score (nSPS) is 10.4. The third-order valence-corrected chi connectivity index (χ3v) is 3.01. The fraction of sp³-hybridized carbons (Fsp3) is 0.312. The number of esters is 1. The van der Waals surface area contributed by atoms with E-state index in [0.29, 0.717) is 0 Å². The van der Waals surface area contributed by atoms with Crippen LogP contribution in [0.4, 0.5) is 5.69 Å². The van der Waals surface area contributed by atoms with E-state index in [-0.39, 0.29) is 11.7 Å². The first-order valence-corrected chi connectivity index (χ1v) is 7.29. The summed E-state index contributed by atoms with van der Waals surface area (Å²) in [5.74, 6) is -1.06. The zero-order chi connectivity index (χ0) is 16.7. The standard InChI is InChI=1S/C16H20N2O3S/c1-5-21-14(20)7-6-13(19)17-16(22)18-15-11(3)8-10(2)9-12(15)4/h6-9H,5H2,1-4H3,(H2,17,18,19,22). The van der Waals surface area contributed by atoms with Crippen LogP contribution in [0.3, 0.4) is 0 Å². The third-order valence-electron chi connectivity index (χ3n) is 2.81. The molecule has 1 aromatic carbocycles. The van der Waals surface area contributed by atoms with E-state index in [1.807, 2.05) is 32.9 Å². The van der Waals surface area contributed by atoms with Gasteiger partial charge in [0.15, 0.2) is 5.11 Å². The van der Waals surface area contributed by atoms with Crippen LogP contribution in [0.2, 0.25) is 0 Å². The summed E-state index contributed by atoms with van der Waals surface area (Å²) in [6.45, 7) is 7.90. The van der Waals surface area contributed by atoms with Crippen LogP contribution >= 0.6 is 12.2 Å². The van der Waals surface area contributed by atoms with Crippen LogP contribution in [0.1, 0.15) is 23.6 Å². The zero-order valence-electron chi connectivity index (χ0n) is 13.1. The molecule has 0 saturated heterocycles. The molecule has 0 saturated carbocycles. The van der Waals surface area contributed by atoms with Crippen LogP contribution in [0.25, 0.3) is 0 Å². The molecule has 0 radical (unpaired) electrons. The Morgan fingerprint density at radius 1 is 1.18 bits per heavy atom. The molecule has 2 N–H and O–H groups in total. The molecule has 0 fully saturated rings. The fourth-order valence-electron chi connectivity index (χ4n) is 2.01. The molecule has 1 amide bonds. The number of nitrogens with one attached hydrogen (secondary N) is 2. The van der Waals surface area contributed by atoms with Crippen molar-refractivity contribution in [1.29, 1.82) is 0 Å². The number of ether oxygens (including phenoxy) is 1. The van der Waals surface area contributed by atoms with Crippen LogP contribution in [0, 0.1) is 20.8 Å². The highest BCUT2D eigenvalue weighted by Gasteiger charge is 2.07. The third kappa shape index (κ3) is 5.65. The van der Waals surface area contributed by atoms with E-state index in [2.05, 4.69) is 15.4 Å². The number of benzene rings is 1. The van der Waals surface area contributed by atoms with Crippen molar-refractivity contribution >= 4 is 34.9 Å². The van der Waals surface area contributed by atoms with Crippen LogP contribution in [-0.4, -0.2) is 23.6 Å². The summed E-state index contributed by atoms with van der Waals surface area (Å²) in [5.41, 5.74) is 4.10. The number of carbonyl (C=O) groups excluding carboxylic acids is 2. The van der Waals surface area contributed by atoms with Crippen molar-refractivity contribution < 1.29 is 14.3 Å². The van der Waals surface area contributed by atoms with Gasteiger partial charge in [0.1, 0.15) is 0 Å². The van der Waals surface area contributed by atoms with E-state index in [1.54, 1.807) is 6.92 Å². The minimum absolute atomic E-state index is 0.175. The second-order valence-corrected chi connectivity index (χ2v) is 5.21. The van der Waals surface area contributed by atoms with Crippen molar-refractivity contribution in [3.63, 3.8) is 0 Å². The van der Waals surface area contributed by atoms with Crippen molar-refractivity contribution in [2.75, 3.05) is 11.9 Å². The molecule has 0 bridgehead atoms. The van der Waals surface area contributed by atoms with Gasteiger partial charge in [0, 0.05) is 17.8 Å². The first-order chi connectivity index (χ1) is 10.3. The van der Waals surface area contributed by atoms with Gasteiger partial charge in [-0.2, -0.15) is 0 Å². The van der Waals surface area contributed by atoms with Crippen molar-refractivity contribution in [1.82, 2.24) is 5.32 Å². The SMILES string of the molecule is CCOC(=O)C=CC(=O)NC(=S)Nc1c(C)cc(C)cc1C. The molecule has 0 aliphatic rings. The quantitative estimate of drug-likeness (QED) is 0.507. The second-order valence-electron chi connectivity index (χ2n) is 4.80. The summed E-state index contributed by atoms with van der Waals surface area (Å²) < 4.78 is 4.68. The molecule has 5 nitrogen and oxygen atoms in total. The van der Waals surface area contributed by atoms with Crippen LogP contribution < -0.4 is 10.6 Å². The van der Waals surface area contributed by atoms with Gasteiger partial charge in [-0.15, -0.1) is 0 Å². The van der Waals surface area contributed by atoms with Gasteiger partial charge in [0.25, 0.3) is 0 Å². The molecule has 1 aromatic rings. The van der Waals surface area contributed by atoms with E-state index >= 15 is 0 Å². The summed E-state index contributed by atoms with van der Waals surface area (Å²) >= 11 is 5.10. The summed E-state index contributed by atoms with van der Waals surface area (Å²) in [4.78, 5) is 22.8. The Kier molecular flexibility index (Phi) is 6.72. The van der Waals surface area contributed by atoms with Crippen LogP contribution in [0.15, 0.2) is 24.3 Å². The number of anilines is 1. The summed E-state index contributed by atoms with van der Waals surface area (Å²) in [7, 11) is 0. The molecular formula is C16H20N2O3S. The Morgan fingerprint density at radius 3 is 2.32 bits per heavy atom. The van der Waals surface area contributed by atoms with E-state index in [1.165, 1.54) is 0 Å². The highest BCUT2D eigenvalue weighted by atomic mass is 32.1. The molecule has 0 atom stereocenters. The molecule has 6 heteroatoms. The topological polar surface area (TPSA) is 67.4 Å². The van der Waals surface area contributed by atoms with Crippen LogP contribution in [-0.2, 0) is 14.3 Å². The number of thiocarbonyl (C=S) groups is 1. The van der Waals surface area contributed by atoms with E-state index in [0.717, 1.165) is 34.5 Å². The average molecular weight is 320 g/mol. The lowest BCUT2D eigenvalue weighted by Gasteiger charge is -2.14. The number of hydrogen-bond donors (Lipinski definition) is 2. The minimum Gasteiger partial charge on any atom is -0.463 e.